The summed E-state index contributed by atoms with van der Waals surface area (Å²) in [6.07, 6.45) is 0.528. The van der Waals surface area contributed by atoms with Crippen LogP contribution in [0.3, 0.4) is 0 Å². The largest absolute Gasteiger partial charge is 0.506 e. The lowest BCUT2D eigenvalue weighted by atomic mass is 10.1. The van der Waals surface area contributed by atoms with Crippen LogP contribution in [0.25, 0.3) is 0 Å². The molecule has 0 spiro atoms. The van der Waals surface area contributed by atoms with Crippen molar-refractivity contribution in [1.82, 2.24) is 4.31 Å². The monoisotopic (exact) mass is 390 g/mol. The topological polar surface area (TPSA) is 95.9 Å². The number of carbonyl (C=O) groups excluding carboxylic acids is 1. The Labute approximate surface area is 158 Å². The van der Waals surface area contributed by atoms with Crippen molar-refractivity contribution in [3.05, 3.63) is 53.6 Å². The standard InChI is InChI=1S/C19H22N2O5S/c1-2-14-7-8-15(19(23)20-16-5-3-4-6-17(16)22)13-18(14)27(24,25)21-9-11-26-12-10-21/h3-8,13,22H,2,9-12H2,1H3,(H,20,23). The maximum Gasteiger partial charge on any atom is 0.255 e. The molecule has 0 saturated carbocycles. The van der Waals surface area contributed by atoms with Gasteiger partial charge in [0.15, 0.2) is 0 Å². The van der Waals surface area contributed by atoms with Gasteiger partial charge in [-0.15, -0.1) is 0 Å². The number of hydrogen-bond donors (Lipinski definition) is 2. The van der Waals surface area contributed by atoms with Crippen molar-refractivity contribution in [1.29, 1.82) is 0 Å². The van der Waals surface area contributed by atoms with Gasteiger partial charge in [0.05, 0.1) is 23.8 Å². The van der Waals surface area contributed by atoms with E-state index in [0.717, 1.165) is 0 Å². The minimum Gasteiger partial charge on any atom is -0.506 e. The molecule has 1 saturated heterocycles. The molecule has 2 aromatic rings. The van der Waals surface area contributed by atoms with E-state index in [2.05, 4.69) is 5.32 Å². The van der Waals surface area contributed by atoms with Gasteiger partial charge in [0.25, 0.3) is 5.91 Å². The maximum atomic E-state index is 13.1. The number of nitrogens with one attached hydrogen (secondary N) is 1. The van der Waals surface area contributed by atoms with Crippen LogP contribution in [0.4, 0.5) is 5.69 Å². The number of amides is 1. The van der Waals surface area contributed by atoms with Crippen LogP contribution in [0, 0.1) is 0 Å². The summed E-state index contributed by atoms with van der Waals surface area (Å²) < 4.78 is 32.7. The number of sulfonamides is 1. The molecule has 7 nitrogen and oxygen atoms in total. The van der Waals surface area contributed by atoms with Gasteiger partial charge >= 0.3 is 0 Å². The fraction of sp³-hybridized carbons (Fsp3) is 0.316. The first-order chi connectivity index (χ1) is 12.9. The van der Waals surface area contributed by atoms with Crippen molar-refractivity contribution in [2.45, 2.75) is 18.2 Å². The number of phenolic OH excluding ortho intramolecular Hbond substituents is 1. The normalized spacial score (nSPS) is 15.4. The Bertz CT molecular complexity index is 937. The fourth-order valence-electron chi connectivity index (χ4n) is 2.93. The molecular weight excluding hydrogens is 368 g/mol. The molecule has 1 heterocycles. The summed E-state index contributed by atoms with van der Waals surface area (Å²) in [5.41, 5.74) is 1.13. The first-order valence-corrected chi connectivity index (χ1v) is 10.2. The third kappa shape index (κ3) is 4.13. The van der Waals surface area contributed by atoms with Crippen molar-refractivity contribution in [3.63, 3.8) is 0 Å². The zero-order valence-electron chi connectivity index (χ0n) is 15.0. The second-order valence-corrected chi connectivity index (χ2v) is 8.07. The highest BCUT2D eigenvalue weighted by atomic mass is 32.2. The molecule has 0 bridgehead atoms. The van der Waals surface area contributed by atoms with Crippen molar-refractivity contribution in [3.8, 4) is 5.75 Å². The van der Waals surface area contributed by atoms with E-state index in [4.69, 9.17) is 4.74 Å². The van der Waals surface area contributed by atoms with E-state index < -0.39 is 15.9 Å². The molecule has 8 heteroatoms. The molecule has 2 aromatic carbocycles. The Balaban J connectivity index is 1.93. The Morgan fingerprint density at radius 2 is 1.89 bits per heavy atom. The predicted octanol–water partition coefficient (Wildman–Crippen LogP) is 2.23. The van der Waals surface area contributed by atoms with Gasteiger partial charge in [-0.3, -0.25) is 4.79 Å². The molecule has 0 aromatic heterocycles. The van der Waals surface area contributed by atoms with Crippen molar-refractivity contribution in [2.75, 3.05) is 31.6 Å². The molecule has 3 rings (SSSR count). The number of para-hydroxylation sites is 2. The van der Waals surface area contributed by atoms with Crippen molar-refractivity contribution in [2.24, 2.45) is 0 Å². The molecule has 1 aliphatic rings. The number of benzene rings is 2. The average Bonchev–Trinajstić information content (AvgIpc) is 2.69. The lowest BCUT2D eigenvalue weighted by molar-refractivity contribution is 0.0730. The molecular formula is C19H22N2O5S. The number of nitrogens with zero attached hydrogens (tertiary/aromatic N) is 1. The van der Waals surface area contributed by atoms with E-state index in [9.17, 15) is 18.3 Å². The highest BCUT2D eigenvalue weighted by molar-refractivity contribution is 7.89. The highest BCUT2D eigenvalue weighted by Gasteiger charge is 2.29. The van der Waals surface area contributed by atoms with E-state index >= 15 is 0 Å². The first kappa shape index (κ1) is 19.3. The number of carbonyl (C=O) groups is 1. The van der Waals surface area contributed by atoms with Crippen LogP contribution in [-0.2, 0) is 21.2 Å². The van der Waals surface area contributed by atoms with E-state index in [1.54, 1.807) is 30.3 Å². The summed E-state index contributed by atoms with van der Waals surface area (Å²) in [5, 5.41) is 12.4. The van der Waals surface area contributed by atoms with E-state index in [0.29, 0.717) is 38.3 Å². The second-order valence-electron chi connectivity index (χ2n) is 6.16. The third-order valence-corrected chi connectivity index (χ3v) is 6.43. The number of aromatic hydroxyl groups is 1. The summed E-state index contributed by atoms with van der Waals surface area (Å²) in [5.74, 6) is -0.547. The third-order valence-electron chi connectivity index (χ3n) is 4.45. The predicted molar refractivity (Wildman–Crippen MR) is 101 cm³/mol. The molecule has 1 amide bonds. The number of aryl methyl sites for hydroxylation is 1. The van der Waals surface area contributed by atoms with Gasteiger partial charge in [-0.1, -0.05) is 25.1 Å². The lowest BCUT2D eigenvalue weighted by Crippen LogP contribution is -2.41. The van der Waals surface area contributed by atoms with Crippen LogP contribution >= 0.6 is 0 Å². The molecule has 1 fully saturated rings. The molecule has 144 valence electrons. The van der Waals surface area contributed by atoms with Gasteiger partial charge in [0, 0.05) is 18.7 Å². The molecule has 0 unspecified atom stereocenters. The molecule has 0 radical (unpaired) electrons. The van der Waals surface area contributed by atoms with Crippen LogP contribution in [0.2, 0.25) is 0 Å². The molecule has 27 heavy (non-hydrogen) atoms. The van der Waals surface area contributed by atoms with Crippen LogP contribution in [0.5, 0.6) is 5.75 Å². The summed E-state index contributed by atoms with van der Waals surface area (Å²) in [6.45, 7) is 3.16. The lowest BCUT2D eigenvalue weighted by Gasteiger charge is -2.27. The van der Waals surface area contributed by atoms with Gasteiger partial charge in [-0.2, -0.15) is 4.31 Å². The smallest absolute Gasteiger partial charge is 0.255 e. The van der Waals surface area contributed by atoms with Gasteiger partial charge in [-0.05, 0) is 36.2 Å². The van der Waals surface area contributed by atoms with Crippen molar-refractivity contribution >= 4 is 21.6 Å². The SMILES string of the molecule is CCc1ccc(C(=O)Nc2ccccc2O)cc1S(=O)(=O)N1CCOCC1. The molecule has 1 aliphatic heterocycles. The minimum atomic E-state index is -3.72. The van der Waals surface area contributed by atoms with Crippen LogP contribution in [0.15, 0.2) is 47.4 Å². The van der Waals surface area contributed by atoms with E-state index in [1.807, 2.05) is 6.92 Å². The van der Waals surface area contributed by atoms with Gasteiger partial charge < -0.3 is 15.2 Å². The summed E-state index contributed by atoms with van der Waals surface area (Å²) in [6, 6.07) is 11.0. The van der Waals surface area contributed by atoms with Gasteiger partial charge in [0.1, 0.15) is 5.75 Å². The molecule has 0 aliphatic carbocycles. The van der Waals surface area contributed by atoms with Crippen LogP contribution in [-0.4, -0.2) is 50.0 Å². The number of ether oxygens (including phenoxy) is 1. The minimum absolute atomic E-state index is 0.0582. The summed E-state index contributed by atoms with van der Waals surface area (Å²) in [4.78, 5) is 12.7. The molecule has 2 N–H and O–H groups in total. The Kier molecular flexibility index (Phi) is 5.79. The van der Waals surface area contributed by atoms with E-state index in [1.165, 1.54) is 16.4 Å². The number of rotatable bonds is 5. The number of hydrogen-bond acceptors (Lipinski definition) is 5. The fourth-order valence-corrected chi connectivity index (χ4v) is 4.66. The number of anilines is 1. The Hall–Kier alpha value is -2.42. The molecule has 0 atom stereocenters. The second kappa shape index (κ2) is 8.08. The zero-order chi connectivity index (χ0) is 19.4. The Morgan fingerprint density at radius 3 is 2.56 bits per heavy atom. The van der Waals surface area contributed by atoms with Crippen molar-refractivity contribution < 1.29 is 23.1 Å². The van der Waals surface area contributed by atoms with Gasteiger partial charge in [-0.25, -0.2) is 8.42 Å². The zero-order valence-corrected chi connectivity index (χ0v) is 15.8. The summed E-state index contributed by atoms with van der Waals surface area (Å²) >= 11 is 0. The maximum absolute atomic E-state index is 13.1. The average molecular weight is 390 g/mol. The summed E-state index contributed by atoms with van der Waals surface area (Å²) in [7, 11) is -3.72. The van der Waals surface area contributed by atoms with Crippen LogP contribution in [0.1, 0.15) is 22.8 Å². The van der Waals surface area contributed by atoms with Crippen LogP contribution < -0.4 is 5.32 Å². The quantitative estimate of drug-likeness (QED) is 0.764. The van der Waals surface area contributed by atoms with Gasteiger partial charge in [0.2, 0.25) is 10.0 Å². The number of morpholine rings is 1. The first-order valence-electron chi connectivity index (χ1n) is 8.73. The van der Waals surface area contributed by atoms with E-state index in [-0.39, 0.29) is 21.9 Å². The Morgan fingerprint density at radius 1 is 1.19 bits per heavy atom. The number of phenols is 1. The highest BCUT2D eigenvalue weighted by Crippen LogP contribution is 2.26.